The molecule has 6 atom stereocenters. The van der Waals surface area contributed by atoms with Gasteiger partial charge in [-0.15, -0.1) is 11.8 Å². The Morgan fingerprint density at radius 1 is 1.33 bits per heavy atom. The molecule has 1 aromatic carbocycles. The van der Waals surface area contributed by atoms with Crippen molar-refractivity contribution in [3.63, 3.8) is 0 Å². The second kappa shape index (κ2) is 8.05. The minimum Gasteiger partial charge on any atom is -0.394 e. The van der Waals surface area contributed by atoms with Gasteiger partial charge in [0.15, 0.2) is 0 Å². The molecule has 3 N–H and O–H groups in total. The van der Waals surface area contributed by atoms with Gasteiger partial charge in [0.25, 0.3) is 0 Å². The molecule has 2 unspecified atom stereocenters. The minimum atomic E-state index is -0.743. The second-order valence-corrected chi connectivity index (χ2v) is 10.2. The van der Waals surface area contributed by atoms with E-state index in [0.717, 1.165) is 6.42 Å². The molecule has 0 aromatic heterocycles. The molecular formula is C21H26ClN3O4S. The summed E-state index contributed by atoms with van der Waals surface area (Å²) in [5.74, 6) is -1.64. The summed E-state index contributed by atoms with van der Waals surface area (Å²) in [7, 11) is 1.58. The molecule has 162 valence electrons. The van der Waals surface area contributed by atoms with Crippen molar-refractivity contribution >= 4 is 46.8 Å². The van der Waals surface area contributed by atoms with Crippen molar-refractivity contribution in [2.24, 2.45) is 11.8 Å². The standard InChI is InChI=1S/C21H26ClN3O4S/c1-3-13(10-26)25-17(19(28)24-12-6-4-11(22)5-7-12)21-9-8-14(30-21)15(18(27)23-2)16(21)20(25)29/h4-7,13-17,26H,3,8-10H2,1-2H3,(H,23,27)(H,24,28)/t13-,14-,15+,16-,17?,21?/m0/s1. The molecule has 3 amide bonds. The number of likely N-dealkylation sites (tertiary alicyclic amines) is 1. The fraction of sp³-hybridized carbons (Fsp3) is 0.571. The Hall–Kier alpha value is -1.77. The largest absolute Gasteiger partial charge is 0.394 e. The van der Waals surface area contributed by atoms with Crippen LogP contribution in [0, 0.1) is 11.8 Å². The van der Waals surface area contributed by atoms with E-state index in [0.29, 0.717) is 23.6 Å². The Balaban J connectivity index is 1.73. The SMILES string of the molecule is CC[C@@H](CO)N1C(=O)[C@@H]2[C@H](C(=O)NC)[C@@H]3CCC2(S3)C1C(=O)Nc1ccc(Cl)cc1. The lowest BCUT2D eigenvalue weighted by atomic mass is 9.70. The Labute approximate surface area is 184 Å². The Bertz CT molecular complexity index is 862. The van der Waals surface area contributed by atoms with Crippen LogP contribution in [0.2, 0.25) is 5.02 Å². The first-order chi connectivity index (χ1) is 14.4. The van der Waals surface area contributed by atoms with Gasteiger partial charge < -0.3 is 20.6 Å². The van der Waals surface area contributed by atoms with Gasteiger partial charge in [-0.1, -0.05) is 18.5 Å². The number of hydrogen-bond donors (Lipinski definition) is 3. The third-order valence-corrected chi connectivity index (χ3v) is 8.93. The summed E-state index contributed by atoms with van der Waals surface area (Å²) in [6.45, 7) is 1.66. The van der Waals surface area contributed by atoms with Gasteiger partial charge in [-0.05, 0) is 43.5 Å². The normalized spacial score (nSPS) is 32.8. The van der Waals surface area contributed by atoms with Gasteiger partial charge in [-0.3, -0.25) is 14.4 Å². The number of benzene rings is 1. The fourth-order valence-electron chi connectivity index (χ4n) is 5.41. The first kappa shape index (κ1) is 21.5. The maximum atomic E-state index is 13.6. The number of nitrogens with zero attached hydrogens (tertiary/aromatic N) is 1. The van der Waals surface area contributed by atoms with Gasteiger partial charge in [-0.25, -0.2) is 0 Å². The topological polar surface area (TPSA) is 98.7 Å². The van der Waals surface area contributed by atoms with E-state index in [4.69, 9.17) is 11.6 Å². The van der Waals surface area contributed by atoms with Crippen molar-refractivity contribution in [3.8, 4) is 0 Å². The van der Waals surface area contributed by atoms with E-state index in [1.165, 1.54) is 0 Å². The molecule has 30 heavy (non-hydrogen) atoms. The van der Waals surface area contributed by atoms with Gasteiger partial charge in [0.1, 0.15) is 6.04 Å². The molecule has 3 heterocycles. The molecule has 9 heteroatoms. The molecule has 0 aliphatic carbocycles. The maximum Gasteiger partial charge on any atom is 0.248 e. The number of thioether (sulfide) groups is 1. The number of nitrogens with one attached hydrogen (secondary N) is 2. The Kier molecular flexibility index (Phi) is 5.76. The monoisotopic (exact) mass is 451 g/mol. The molecule has 0 radical (unpaired) electrons. The van der Waals surface area contributed by atoms with Crippen molar-refractivity contribution in [1.82, 2.24) is 10.2 Å². The van der Waals surface area contributed by atoms with Crippen molar-refractivity contribution in [3.05, 3.63) is 29.3 Å². The molecule has 3 saturated heterocycles. The van der Waals surface area contributed by atoms with Crippen LogP contribution in [0.25, 0.3) is 0 Å². The quantitative estimate of drug-likeness (QED) is 0.613. The van der Waals surface area contributed by atoms with E-state index < -0.39 is 28.7 Å². The van der Waals surface area contributed by atoms with Crippen LogP contribution in [0.15, 0.2) is 24.3 Å². The van der Waals surface area contributed by atoms with E-state index in [-0.39, 0.29) is 29.6 Å². The average Bonchev–Trinajstić information content (AvgIpc) is 3.38. The van der Waals surface area contributed by atoms with Gasteiger partial charge in [0.2, 0.25) is 17.7 Å². The summed E-state index contributed by atoms with van der Waals surface area (Å²) in [6, 6.07) is 5.60. The van der Waals surface area contributed by atoms with Crippen LogP contribution >= 0.6 is 23.4 Å². The predicted octanol–water partition coefficient (Wildman–Crippen LogP) is 1.89. The lowest BCUT2D eigenvalue weighted by Gasteiger charge is -2.36. The number of hydrogen-bond acceptors (Lipinski definition) is 5. The smallest absolute Gasteiger partial charge is 0.248 e. The lowest BCUT2D eigenvalue weighted by Crippen LogP contribution is -2.54. The van der Waals surface area contributed by atoms with Gasteiger partial charge >= 0.3 is 0 Å². The number of anilines is 1. The summed E-state index contributed by atoms with van der Waals surface area (Å²) < 4.78 is -0.655. The van der Waals surface area contributed by atoms with Crippen LogP contribution in [0.1, 0.15) is 26.2 Å². The zero-order chi connectivity index (χ0) is 21.6. The van der Waals surface area contributed by atoms with Gasteiger partial charge in [-0.2, -0.15) is 0 Å². The van der Waals surface area contributed by atoms with Crippen LogP contribution in [0.4, 0.5) is 5.69 Å². The molecule has 0 saturated carbocycles. The highest BCUT2D eigenvalue weighted by atomic mass is 35.5. The number of aliphatic hydroxyl groups excluding tert-OH is 1. The van der Waals surface area contributed by atoms with E-state index in [1.54, 1.807) is 48.0 Å². The summed E-state index contributed by atoms with van der Waals surface area (Å²) in [4.78, 5) is 41.3. The minimum absolute atomic E-state index is 0.0288. The zero-order valence-electron chi connectivity index (χ0n) is 16.9. The zero-order valence-corrected chi connectivity index (χ0v) is 18.5. The highest BCUT2D eigenvalue weighted by molar-refractivity contribution is 8.02. The average molecular weight is 452 g/mol. The summed E-state index contributed by atoms with van der Waals surface area (Å²) >= 11 is 7.55. The predicted molar refractivity (Wildman–Crippen MR) is 116 cm³/mol. The van der Waals surface area contributed by atoms with Crippen LogP contribution < -0.4 is 10.6 Å². The van der Waals surface area contributed by atoms with Crippen LogP contribution in [-0.2, 0) is 14.4 Å². The molecule has 3 aliphatic heterocycles. The third-order valence-electron chi connectivity index (χ3n) is 6.72. The van der Waals surface area contributed by atoms with Crippen LogP contribution in [0.3, 0.4) is 0 Å². The van der Waals surface area contributed by atoms with Crippen molar-refractivity contribution < 1.29 is 19.5 Å². The van der Waals surface area contributed by atoms with Crippen LogP contribution in [-0.4, -0.2) is 63.5 Å². The number of carbonyl (C=O) groups excluding carboxylic acids is 3. The number of carbonyl (C=O) groups is 3. The highest BCUT2D eigenvalue weighted by Crippen LogP contribution is 2.66. The Morgan fingerprint density at radius 3 is 2.63 bits per heavy atom. The second-order valence-electron chi connectivity index (χ2n) is 8.16. The van der Waals surface area contributed by atoms with E-state index in [1.807, 2.05) is 6.92 Å². The number of rotatable bonds is 6. The molecule has 3 aliphatic rings. The number of amides is 3. The molecule has 4 rings (SSSR count). The Morgan fingerprint density at radius 2 is 2.03 bits per heavy atom. The molecule has 1 spiro atoms. The molecule has 2 bridgehead atoms. The summed E-state index contributed by atoms with van der Waals surface area (Å²) in [5.41, 5.74) is 0.592. The number of aliphatic hydroxyl groups is 1. The van der Waals surface area contributed by atoms with Crippen molar-refractivity contribution in [1.29, 1.82) is 0 Å². The van der Waals surface area contributed by atoms with E-state index in [9.17, 15) is 19.5 Å². The summed E-state index contributed by atoms with van der Waals surface area (Å²) in [5, 5.41) is 16.2. The lowest BCUT2D eigenvalue weighted by molar-refractivity contribution is -0.142. The molecular weight excluding hydrogens is 426 g/mol. The van der Waals surface area contributed by atoms with Crippen LogP contribution in [0.5, 0.6) is 0 Å². The molecule has 1 aromatic rings. The van der Waals surface area contributed by atoms with E-state index >= 15 is 0 Å². The van der Waals surface area contributed by atoms with Gasteiger partial charge in [0, 0.05) is 23.0 Å². The number of halogens is 1. The number of fused-ring (bicyclic) bond motifs is 1. The molecule has 7 nitrogen and oxygen atoms in total. The maximum absolute atomic E-state index is 13.6. The van der Waals surface area contributed by atoms with Crippen molar-refractivity contribution in [2.45, 2.75) is 48.3 Å². The first-order valence-corrected chi connectivity index (χ1v) is 11.5. The molecule has 3 fully saturated rings. The first-order valence-electron chi connectivity index (χ1n) is 10.3. The van der Waals surface area contributed by atoms with Crippen molar-refractivity contribution in [2.75, 3.05) is 19.0 Å². The third kappa shape index (κ3) is 3.11. The van der Waals surface area contributed by atoms with E-state index in [2.05, 4.69) is 10.6 Å². The fourth-order valence-corrected chi connectivity index (χ4v) is 7.74. The summed E-state index contributed by atoms with van der Waals surface area (Å²) in [6.07, 6.45) is 2.01. The highest BCUT2D eigenvalue weighted by Gasteiger charge is 2.74. The van der Waals surface area contributed by atoms with Gasteiger partial charge in [0.05, 0.1) is 29.2 Å².